The molecule has 0 spiro atoms. The van der Waals surface area contributed by atoms with Gasteiger partial charge in [-0.15, -0.1) is 6.58 Å². The summed E-state index contributed by atoms with van der Waals surface area (Å²) in [5, 5.41) is 0. The van der Waals surface area contributed by atoms with Gasteiger partial charge in [-0.05, 0) is 24.5 Å². The van der Waals surface area contributed by atoms with Crippen molar-refractivity contribution in [2.75, 3.05) is 7.11 Å². The van der Waals surface area contributed by atoms with Crippen LogP contribution in [0.1, 0.15) is 12.0 Å². The van der Waals surface area contributed by atoms with Crippen LogP contribution < -0.4 is 4.74 Å². The molecule has 0 saturated heterocycles. The largest absolute Gasteiger partial charge is 0.496 e. The average Bonchev–Trinajstić information content (AvgIpc) is 2.15. The second kappa shape index (κ2) is 4.60. The third kappa shape index (κ3) is 2.12. The Labute approximate surface area is 73.7 Å². The third-order valence-electron chi connectivity index (χ3n) is 1.64. The number of para-hydroxylation sites is 1. The first-order chi connectivity index (χ1) is 5.88. The van der Waals surface area contributed by atoms with Gasteiger partial charge in [0.1, 0.15) is 5.75 Å². The van der Waals surface area contributed by atoms with Gasteiger partial charge < -0.3 is 4.74 Å². The van der Waals surface area contributed by atoms with E-state index < -0.39 is 0 Å². The molecule has 1 aromatic rings. The molecule has 0 saturated carbocycles. The van der Waals surface area contributed by atoms with E-state index in [1.165, 1.54) is 0 Å². The Bertz CT molecular complexity index is 253. The molecule has 1 heteroatoms. The summed E-state index contributed by atoms with van der Waals surface area (Å²) in [6.07, 6.45) is 4.83. The van der Waals surface area contributed by atoms with Crippen LogP contribution in [-0.4, -0.2) is 7.11 Å². The highest BCUT2D eigenvalue weighted by Crippen LogP contribution is 2.19. The molecule has 12 heavy (non-hydrogen) atoms. The first-order valence-corrected chi connectivity index (χ1v) is 3.95. The zero-order valence-electron chi connectivity index (χ0n) is 7.29. The first-order valence-electron chi connectivity index (χ1n) is 3.95. The van der Waals surface area contributed by atoms with Crippen LogP contribution in [0.3, 0.4) is 0 Å². The van der Waals surface area contributed by atoms with E-state index in [0.29, 0.717) is 0 Å². The van der Waals surface area contributed by atoms with Crippen LogP contribution in [0.4, 0.5) is 0 Å². The standard InChI is InChI=1S/C11H13O/c1-3-4-7-10-8-5-6-9-11(10)12-2/h3,5-9H,1,4H2,2H3. The highest BCUT2D eigenvalue weighted by molar-refractivity contribution is 5.38. The van der Waals surface area contributed by atoms with E-state index in [9.17, 15) is 0 Å². The predicted octanol–water partition coefficient (Wildman–Crippen LogP) is 2.82. The van der Waals surface area contributed by atoms with Gasteiger partial charge in [0, 0.05) is 0 Å². The van der Waals surface area contributed by atoms with Crippen LogP contribution in [0.2, 0.25) is 0 Å². The second-order valence-corrected chi connectivity index (χ2v) is 2.47. The van der Waals surface area contributed by atoms with Crippen molar-refractivity contribution < 1.29 is 4.74 Å². The smallest absolute Gasteiger partial charge is 0.122 e. The van der Waals surface area contributed by atoms with Gasteiger partial charge >= 0.3 is 0 Å². The van der Waals surface area contributed by atoms with Crippen molar-refractivity contribution in [3.8, 4) is 5.75 Å². The lowest BCUT2D eigenvalue weighted by atomic mass is 10.1. The van der Waals surface area contributed by atoms with Crippen molar-refractivity contribution in [1.82, 2.24) is 0 Å². The van der Waals surface area contributed by atoms with Crippen LogP contribution in [0.15, 0.2) is 36.9 Å². The van der Waals surface area contributed by atoms with E-state index in [2.05, 4.69) is 13.0 Å². The minimum Gasteiger partial charge on any atom is -0.496 e. The molecule has 0 aliphatic rings. The minimum atomic E-state index is 0.875. The molecule has 63 valence electrons. The Balaban J connectivity index is 2.74. The Morgan fingerprint density at radius 1 is 1.42 bits per heavy atom. The van der Waals surface area contributed by atoms with Crippen molar-refractivity contribution in [1.29, 1.82) is 0 Å². The Kier molecular flexibility index (Phi) is 3.39. The molecule has 0 atom stereocenters. The fourth-order valence-corrected chi connectivity index (χ4v) is 1.05. The molecule has 0 heterocycles. The van der Waals surface area contributed by atoms with E-state index in [4.69, 9.17) is 4.74 Å². The van der Waals surface area contributed by atoms with E-state index >= 15 is 0 Å². The van der Waals surface area contributed by atoms with Gasteiger partial charge in [-0.3, -0.25) is 0 Å². The van der Waals surface area contributed by atoms with E-state index in [-0.39, 0.29) is 0 Å². The summed E-state index contributed by atoms with van der Waals surface area (Å²) in [7, 11) is 1.68. The summed E-state index contributed by atoms with van der Waals surface area (Å²) < 4.78 is 5.18. The quantitative estimate of drug-likeness (QED) is 0.617. The molecule has 0 aromatic heterocycles. The van der Waals surface area contributed by atoms with Crippen molar-refractivity contribution in [2.24, 2.45) is 0 Å². The maximum atomic E-state index is 5.18. The van der Waals surface area contributed by atoms with Gasteiger partial charge in [-0.2, -0.15) is 0 Å². The summed E-state index contributed by atoms with van der Waals surface area (Å²) in [5.41, 5.74) is 1.12. The highest BCUT2D eigenvalue weighted by atomic mass is 16.5. The van der Waals surface area contributed by atoms with Gasteiger partial charge in [-0.25, -0.2) is 0 Å². The van der Waals surface area contributed by atoms with Crippen LogP contribution in [-0.2, 0) is 0 Å². The molecule has 0 aliphatic heterocycles. The van der Waals surface area contributed by atoms with Crippen molar-refractivity contribution >= 4 is 0 Å². The van der Waals surface area contributed by atoms with Crippen LogP contribution >= 0.6 is 0 Å². The summed E-state index contributed by atoms with van der Waals surface area (Å²) in [6.45, 7) is 3.66. The molecule has 0 unspecified atom stereocenters. The SMILES string of the molecule is C=CC[CH]c1ccccc1OC. The van der Waals surface area contributed by atoms with Gasteiger partial charge in [-0.1, -0.05) is 24.3 Å². The van der Waals surface area contributed by atoms with Crippen LogP contribution in [0, 0.1) is 6.42 Å². The fraction of sp³-hybridized carbons (Fsp3) is 0.182. The Hall–Kier alpha value is -1.24. The summed E-state index contributed by atoms with van der Waals surface area (Å²) in [5.74, 6) is 0.916. The maximum absolute atomic E-state index is 5.18. The minimum absolute atomic E-state index is 0.875. The molecule has 1 aromatic carbocycles. The molecular weight excluding hydrogens is 148 g/mol. The number of allylic oxidation sites excluding steroid dienone is 1. The highest BCUT2D eigenvalue weighted by Gasteiger charge is 1.98. The fourth-order valence-electron chi connectivity index (χ4n) is 1.05. The number of rotatable bonds is 4. The number of methoxy groups -OCH3 is 1. The van der Waals surface area contributed by atoms with Crippen LogP contribution in [0.5, 0.6) is 5.75 Å². The summed E-state index contributed by atoms with van der Waals surface area (Å²) in [4.78, 5) is 0. The number of ether oxygens (including phenoxy) is 1. The zero-order valence-corrected chi connectivity index (χ0v) is 7.29. The van der Waals surface area contributed by atoms with Crippen molar-refractivity contribution in [3.63, 3.8) is 0 Å². The lowest BCUT2D eigenvalue weighted by Crippen LogP contribution is -1.88. The van der Waals surface area contributed by atoms with Crippen LogP contribution in [0.25, 0.3) is 0 Å². The van der Waals surface area contributed by atoms with Crippen molar-refractivity contribution in [3.05, 3.63) is 48.9 Å². The zero-order chi connectivity index (χ0) is 8.81. The molecule has 1 nitrogen and oxygen atoms in total. The van der Waals surface area contributed by atoms with Gasteiger partial charge in [0.05, 0.1) is 7.11 Å². The molecule has 0 amide bonds. The predicted molar refractivity (Wildman–Crippen MR) is 51.2 cm³/mol. The second-order valence-electron chi connectivity index (χ2n) is 2.47. The maximum Gasteiger partial charge on any atom is 0.122 e. The number of benzene rings is 1. The summed E-state index contributed by atoms with van der Waals surface area (Å²) in [6, 6.07) is 7.94. The van der Waals surface area contributed by atoms with E-state index in [1.54, 1.807) is 7.11 Å². The normalized spacial score (nSPS) is 9.42. The third-order valence-corrected chi connectivity index (χ3v) is 1.64. The lowest BCUT2D eigenvalue weighted by molar-refractivity contribution is 0.412. The number of hydrogen-bond donors (Lipinski definition) is 0. The number of hydrogen-bond acceptors (Lipinski definition) is 1. The molecule has 1 radical (unpaired) electrons. The lowest BCUT2D eigenvalue weighted by Gasteiger charge is -2.05. The van der Waals surface area contributed by atoms with E-state index in [0.717, 1.165) is 17.7 Å². The average molecular weight is 161 g/mol. The topological polar surface area (TPSA) is 9.23 Å². The van der Waals surface area contributed by atoms with E-state index in [1.807, 2.05) is 30.3 Å². The monoisotopic (exact) mass is 161 g/mol. The Morgan fingerprint density at radius 3 is 2.83 bits per heavy atom. The van der Waals surface area contributed by atoms with Gasteiger partial charge in [0.25, 0.3) is 0 Å². The van der Waals surface area contributed by atoms with Gasteiger partial charge in [0.15, 0.2) is 0 Å². The van der Waals surface area contributed by atoms with Gasteiger partial charge in [0.2, 0.25) is 0 Å². The van der Waals surface area contributed by atoms with Crippen molar-refractivity contribution in [2.45, 2.75) is 6.42 Å². The molecule has 0 bridgehead atoms. The molecule has 1 rings (SSSR count). The molecule has 0 aliphatic carbocycles. The summed E-state index contributed by atoms with van der Waals surface area (Å²) >= 11 is 0. The molecule has 0 N–H and O–H groups in total. The Morgan fingerprint density at radius 2 is 2.17 bits per heavy atom. The first kappa shape index (κ1) is 8.85. The molecular formula is C11H13O. The molecule has 0 fully saturated rings.